The second-order valence-electron chi connectivity index (χ2n) is 1.31. The Kier molecular flexibility index (Phi) is 4.41. The Labute approximate surface area is 57.5 Å². The van der Waals surface area contributed by atoms with Gasteiger partial charge >= 0.3 is 5.97 Å². The molecule has 0 spiro atoms. The number of hydrogen-bond donors (Lipinski definition) is 4. The van der Waals surface area contributed by atoms with Crippen molar-refractivity contribution in [3.8, 4) is 0 Å². The molecule has 0 saturated heterocycles. The summed E-state index contributed by atoms with van der Waals surface area (Å²) in [5.74, 6) is 3.62. The minimum Gasteiger partial charge on any atom is -0.480 e. The van der Waals surface area contributed by atoms with E-state index in [9.17, 15) is 4.79 Å². The van der Waals surface area contributed by atoms with Gasteiger partial charge in [0, 0.05) is 5.75 Å². The molecular weight excluding hydrogens is 144 g/mol. The maximum atomic E-state index is 10.1. The number of nitrogens with one attached hydrogen (secondary N) is 1. The Morgan fingerprint density at radius 2 is 2.56 bits per heavy atom. The third-order valence-corrected chi connectivity index (χ3v) is 1.06. The van der Waals surface area contributed by atoms with E-state index in [0.717, 1.165) is 0 Å². The number of carboxylic acids is 1. The average molecular weight is 152 g/mol. The fraction of sp³-hybridized carbons (Fsp3) is 0.667. The van der Waals surface area contributed by atoms with Crippen molar-refractivity contribution in [2.45, 2.75) is 6.04 Å². The van der Waals surface area contributed by atoms with Crippen LogP contribution >= 0.6 is 12.6 Å². The zero-order valence-corrected chi connectivity index (χ0v) is 5.47. The molecule has 0 aliphatic rings. The van der Waals surface area contributed by atoms with Crippen molar-refractivity contribution >= 4 is 18.6 Å². The Morgan fingerprint density at radius 1 is 2.00 bits per heavy atom. The SMILES string of the molecule is NON[C@@H](CS)C(=O)O. The first-order valence-corrected chi connectivity index (χ1v) is 2.80. The average Bonchev–Trinajstić information content (AvgIpc) is 1.82. The molecule has 0 heterocycles. The maximum absolute atomic E-state index is 10.1. The van der Waals surface area contributed by atoms with Gasteiger partial charge in [-0.2, -0.15) is 24.0 Å². The Hall–Kier alpha value is -0.300. The quantitative estimate of drug-likeness (QED) is 0.299. The summed E-state index contributed by atoms with van der Waals surface area (Å²) in [7, 11) is 0. The van der Waals surface area contributed by atoms with Gasteiger partial charge in [-0.05, 0) is 0 Å². The molecule has 0 saturated carbocycles. The van der Waals surface area contributed by atoms with Crippen molar-refractivity contribution < 1.29 is 14.8 Å². The van der Waals surface area contributed by atoms with Crippen molar-refractivity contribution in [3.05, 3.63) is 0 Å². The summed E-state index contributed by atoms with van der Waals surface area (Å²) < 4.78 is 0. The Morgan fingerprint density at radius 3 is 2.67 bits per heavy atom. The third kappa shape index (κ3) is 3.31. The molecule has 0 bridgehead atoms. The third-order valence-electron chi connectivity index (χ3n) is 0.691. The highest BCUT2D eigenvalue weighted by Crippen LogP contribution is 1.85. The number of hydroxylamine groups is 1. The molecule has 1 atom stereocenters. The highest BCUT2D eigenvalue weighted by molar-refractivity contribution is 7.80. The van der Waals surface area contributed by atoms with Crippen LogP contribution in [0.15, 0.2) is 0 Å². The molecule has 0 fully saturated rings. The van der Waals surface area contributed by atoms with Crippen LogP contribution in [-0.2, 0) is 9.73 Å². The number of aliphatic carboxylic acids is 1. The van der Waals surface area contributed by atoms with Gasteiger partial charge in [0.15, 0.2) is 0 Å². The number of thiol groups is 1. The largest absolute Gasteiger partial charge is 0.480 e. The van der Waals surface area contributed by atoms with Crippen LogP contribution in [0.25, 0.3) is 0 Å². The molecular formula is C3H8N2O3S. The van der Waals surface area contributed by atoms with E-state index in [1.807, 2.05) is 5.48 Å². The fourth-order valence-corrected chi connectivity index (χ4v) is 0.479. The predicted octanol–water partition coefficient (Wildman–Crippen LogP) is -1.24. The van der Waals surface area contributed by atoms with Crippen LogP contribution in [-0.4, -0.2) is 22.9 Å². The van der Waals surface area contributed by atoms with Gasteiger partial charge < -0.3 is 5.11 Å². The highest BCUT2D eigenvalue weighted by Gasteiger charge is 2.13. The first-order chi connectivity index (χ1) is 4.22. The monoisotopic (exact) mass is 152 g/mol. The summed E-state index contributed by atoms with van der Waals surface area (Å²) in [4.78, 5) is 13.9. The van der Waals surface area contributed by atoms with E-state index in [1.165, 1.54) is 0 Å². The minimum absolute atomic E-state index is 0.131. The molecule has 0 radical (unpaired) electrons. The van der Waals surface area contributed by atoms with Gasteiger partial charge in [0.1, 0.15) is 6.04 Å². The summed E-state index contributed by atoms with van der Waals surface area (Å²) >= 11 is 3.71. The molecule has 0 rings (SSSR count). The minimum atomic E-state index is -1.05. The van der Waals surface area contributed by atoms with Crippen molar-refractivity contribution in [2.24, 2.45) is 5.90 Å². The maximum Gasteiger partial charge on any atom is 0.323 e. The smallest absolute Gasteiger partial charge is 0.323 e. The van der Waals surface area contributed by atoms with Gasteiger partial charge in [-0.15, -0.1) is 0 Å². The van der Waals surface area contributed by atoms with Gasteiger partial charge in [-0.1, -0.05) is 0 Å². The highest BCUT2D eigenvalue weighted by atomic mass is 32.1. The first kappa shape index (κ1) is 8.70. The summed E-state index contributed by atoms with van der Waals surface area (Å²) in [6, 6.07) is -0.849. The normalized spacial score (nSPS) is 13.1. The van der Waals surface area contributed by atoms with Gasteiger partial charge in [-0.3, -0.25) is 4.79 Å². The van der Waals surface area contributed by atoms with Crippen molar-refractivity contribution in [1.29, 1.82) is 0 Å². The summed E-state index contributed by atoms with van der Waals surface area (Å²) in [5, 5.41) is 8.26. The van der Waals surface area contributed by atoms with E-state index in [0.29, 0.717) is 0 Å². The summed E-state index contributed by atoms with van der Waals surface area (Å²) in [5.41, 5.74) is 2.03. The predicted molar refractivity (Wildman–Crippen MR) is 33.7 cm³/mol. The van der Waals surface area contributed by atoms with Crippen molar-refractivity contribution in [2.75, 3.05) is 5.75 Å². The van der Waals surface area contributed by atoms with Gasteiger partial charge in [0.05, 0.1) is 0 Å². The molecule has 0 aliphatic carbocycles. The van der Waals surface area contributed by atoms with Crippen LogP contribution in [0.2, 0.25) is 0 Å². The van der Waals surface area contributed by atoms with Crippen LogP contribution in [0, 0.1) is 0 Å². The molecule has 0 amide bonds. The Balaban J connectivity index is 3.54. The van der Waals surface area contributed by atoms with E-state index < -0.39 is 12.0 Å². The van der Waals surface area contributed by atoms with Crippen LogP contribution in [0.3, 0.4) is 0 Å². The number of carbonyl (C=O) groups is 1. The second-order valence-corrected chi connectivity index (χ2v) is 1.67. The molecule has 0 aromatic heterocycles. The van der Waals surface area contributed by atoms with Crippen molar-refractivity contribution in [3.63, 3.8) is 0 Å². The Bertz CT molecular complexity index is 99.1. The van der Waals surface area contributed by atoms with Crippen molar-refractivity contribution in [1.82, 2.24) is 5.48 Å². The lowest BCUT2D eigenvalue weighted by molar-refractivity contribution is -0.143. The second kappa shape index (κ2) is 4.57. The van der Waals surface area contributed by atoms with Crippen LogP contribution in [0.5, 0.6) is 0 Å². The van der Waals surface area contributed by atoms with Crippen LogP contribution < -0.4 is 11.4 Å². The number of rotatable bonds is 4. The topological polar surface area (TPSA) is 84.6 Å². The lowest BCUT2D eigenvalue weighted by atomic mass is 10.4. The molecule has 54 valence electrons. The van der Waals surface area contributed by atoms with Gasteiger partial charge in [0.2, 0.25) is 0 Å². The lowest BCUT2D eigenvalue weighted by Crippen LogP contribution is -2.39. The summed E-state index contributed by atoms with van der Waals surface area (Å²) in [6.07, 6.45) is 0. The van der Waals surface area contributed by atoms with Crippen LogP contribution in [0.4, 0.5) is 0 Å². The lowest BCUT2D eigenvalue weighted by Gasteiger charge is -2.06. The number of hydrogen-bond acceptors (Lipinski definition) is 5. The molecule has 6 heteroatoms. The molecule has 0 aromatic rings. The molecule has 0 aliphatic heterocycles. The van der Waals surface area contributed by atoms with Crippen LogP contribution in [0.1, 0.15) is 0 Å². The standard InChI is InChI=1S/C3H8N2O3S/c4-8-5-2(1-9)3(6)7/h2,5,9H,1,4H2,(H,6,7)/t2-/m0/s1. The van der Waals surface area contributed by atoms with E-state index in [-0.39, 0.29) is 5.75 Å². The zero-order chi connectivity index (χ0) is 7.28. The first-order valence-electron chi connectivity index (χ1n) is 2.17. The molecule has 9 heavy (non-hydrogen) atoms. The molecule has 0 unspecified atom stereocenters. The molecule has 5 nitrogen and oxygen atoms in total. The number of carboxylic acid groups (broad SMARTS) is 1. The summed E-state index contributed by atoms with van der Waals surface area (Å²) in [6.45, 7) is 0. The molecule has 0 aromatic carbocycles. The van der Waals surface area contributed by atoms with E-state index in [4.69, 9.17) is 5.11 Å². The fourth-order valence-electron chi connectivity index (χ4n) is 0.248. The van der Waals surface area contributed by atoms with Gasteiger partial charge in [0.25, 0.3) is 0 Å². The zero-order valence-electron chi connectivity index (χ0n) is 4.57. The van der Waals surface area contributed by atoms with E-state index in [1.54, 1.807) is 0 Å². The molecule has 4 N–H and O–H groups in total. The number of nitrogens with two attached hydrogens (primary N) is 1. The van der Waals surface area contributed by atoms with E-state index in [2.05, 4.69) is 23.5 Å². The van der Waals surface area contributed by atoms with Gasteiger partial charge in [-0.25, -0.2) is 4.94 Å². The van der Waals surface area contributed by atoms with E-state index >= 15 is 0 Å².